The standard InChI is InChI=1S/C19H28FN3O2/c1-14(21)16-5-3-7-23(13-16)19(24)18(22-8-10-25-11-9-22)15-4-2-6-17(20)12-15/h2,4,6,12,14,16,18H,3,5,7-11,13,21H2,1H3/t14-,16+,18+/m0/s1. The highest BCUT2D eigenvalue weighted by atomic mass is 19.1. The van der Waals surface area contributed by atoms with Gasteiger partial charge in [-0.05, 0) is 43.4 Å². The third-order valence-corrected chi connectivity index (χ3v) is 5.32. The monoisotopic (exact) mass is 349 g/mol. The highest BCUT2D eigenvalue weighted by Crippen LogP contribution is 2.28. The minimum atomic E-state index is -0.452. The molecule has 0 unspecified atom stereocenters. The van der Waals surface area contributed by atoms with E-state index < -0.39 is 6.04 Å². The molecule has 0 spiro atoms. The van der Waals surface area contributed by atoms with Gasteiger partial charge in [0.2, 0.25) is 5.91 Å². The Labute approximate surface area is 148 Å². The molecule has 6 heteroatoms. The van der Waals surface area contributed by atoms with Crippen LogP contribution in [0.4, 0.5) is 4.39 Å². The zero-order valence-electron chi connectivity index (χ0n) is 14.9. The minimum absolute atomic E-state index is 0.0536. The fourth-order valence-corrected chi connectivity index (χ4v) is 3.83. The average molecular weight is 349 g/mol. The van der Waals surface area contributed by atoms with Crippen LogP contribution in [0.5, 0.6) is 0 Å². The number of carbonyl (C=O) groups is 1. The van der Waals surface area contributed by atoms with E-state index in [1.54, 1.807) is 6.07 Å². The Bertz CT molecular complexity index is 590. The zero-order chi connectivity index (χ0) is 17.8. The minimum Gasteiger partial charge on any atom is -0.379 e. The van der Waals surface area contributed by atoms with Gasteiger partial charge in [-0.1, -0.05) is 12.1 Å². The zero-order valence-corrected chi connectivity index (χ0v) is 14.9. The largest absolute Gasteiger partial charge is 0.379 e. The second-order valence-corrected chi connectivity index (χ2v) is 7.15. The van der Waals surface area contributed by atoms with Crippen LogP contribution >= 0.6 is 0 Å². The molecular formula is C19H28FN3O2. The first kappa shape index (κ1) is 18.3. The molecule has 0 radical (unpaired) electrons. The van der Waals surface area contributed by atoms with Gasteiger partial charge >= 0.3 is 0 Å². The molecule has 3 rings (SSSR count). The summed E-state index contributed by atoms with van der Waals surface area (Å²) in [6.45, 7) is 5.99. The second-order valence-electron chi connectivity index (χ2n) is 7.15. The number of morpholine rings is 1. The van der Waals surface area contributed by atoms with Crippen LogP contribution in [0.1, 0.15) is 31.4 Å². The van der Waals surface area contributed by atoms with Gasteiger partial charge < -0.3 is 15.4 Å². The van der Waals surface area contributed by atoms with Gasteiger partial charge in [0.05, 0.1) is 13.2 Å². The van der Waals surface area contributed by atoms with Gasteiger partial charge in [0.15, 0.2) is 0 Å². The lowest BCUT2D eigenvalue weighted by molar-refractivity contribution is -0.141. The highest BCUT2D eigenvalue weighted by Gasteiger charge is 2.35. The van der Waals surface area contributed by atoms with E-state index in [-0.39, 0.29) is 17.8 Å². The number of nitrogens with zero attached hydrogens (tertiary/aromatic N) is 2. The van der Waals surface area contributed by atoms with Crippen molar-refractivity contribution in [2.75, 3.05) is 39.4 Å². The van der Waals surface area contributed by atoms with E-state index in [1.807, 2.05) is 17.9 Å². The molecule has 25 heavy (non-hydrogen) atoms. The summed E-state index contributed by atoms with van der Waals surface area (Å²) < 4.78 is 19.2. The number of amides is 1. The van der Waals surface area contributed by atoms with Crippen LogP contribution in [0.3, 0.4) is 0 Å². The molecule has 1 aromatic rings. The van der Waals surface area contributed by atoms with Gasteiger partial charge in [-0.25, -0.2) is 4.39 Å². The molecule has 0 bridgehead atoms. The maximum Gasteiger partial charge on any atom is 0.244 e. The van der Waals surface area contributed by atoms with Crippen molar-refractivity contribution in [3.63, 3.8) is 0 Å². The number of hydrogen-bond acceptors (Lipinski definition) is 4. The molecule has 1 amide bonds. The van der Waals surface area contributed by atoms with Gasteiger partial charge in [0.1, 0.15) is 11.9 Å². The smallest absolute Gasteiger partial charge is 0.244 e. The molecular weight excluding hydrogens is 321 g/mol. The van der Waals surface area contributed by atoms with Crippen LogP contribution in [0.2, 0.25) is 0 Å². The fraction of sp³-hybridized carbons (Fsp3) is 0.632. The van der Waals surface area contributed by atoms with Crippen molar-refractivity contribution in [3.8, 4) is 0 Å². The number of carbonyl (C=O) groups excluding carboxylic acids is 1. The molecule has 2 N–H and O–H groups in total. The van der Waals surface area contributed by atoms with Crippen molar-refractivity contribution in [3.05, 3.63) is 35.6 Å². The van der Waals surface area contributed by atoms with Crippen molar-refractivity contribution in [1.29, 1.82) is 0 Å². The SMILES string of the molecule is C[C@H](N)[C@@H]1CCCN(C(=O)[C@@H](c2cccc(F)c2)N2CCOCC2)C1. The van der Waals surface area contributed by atoms with Crippen molar-refractivity contribution >= 4 is 5.91 Å². The van der Waals surface area contributed by atoms with Crippen LogP contribution in [0.25, 0.3) is 0 Å². The highest BCUT2D eigenvalue weighted by molar-refractivity contribution is 5.83. The Morgan fingerprint density at radius 1 is 1.32 bits per heavy atom. The van der Waals surface area contributed by atoms with E-state index >= 15 is 0 Å². The van der Waals surface area contributed by atoms with Gasteiger partial charge in [-0.3, -0.25) is 9.69 Å². The Hall–Kier alpha value is -1.50. The van der Waals surface area contributed by atoms with E-state index in [2.05, 4.69) is 4.90 Å². The predicted molar refractivity (Wildman–Crippen MR) is 94.5 cm³/mol. The maximum atomic E-state index is 13.8. The van der Waals surface area contributed by atoms with Crippen LogP contribution in [-0.2, 0) is 9.53 Å². The third-order valence-electron chi connectivity index (χ3n) is 5.32. The summed E-state index contributed by atoms with van der Waals surface area (Å²) >= 11 is 0. The molecule has 0 aliphatic carbocycles. The number of hydrogen-bond donors (Lipinski definition) is 1. The Balaban J connectivity index is 1.84. The lowest BCUT2D eigenvalue weighted by Crippen LogP contribution is -2.51. The average Bonchev–Trinajstić information content (AvgIpc) is 2.63. The molecule has 2 saturated heterocycles. The molecule has 0 saturated carbocycles. The molecule has 3 atom stereocenters. The van der Waals surface area contributed by atoms with Crippen molar-refractivity contribution < 1.29 is 13.9 Å². The molecule has 138 valence electrons. The lowest BCUT2D eigenvalue weighted by atomic mass is 9.91. The number of piperidine rings is 1. The Kier molecular flexibility index (Phi) is 6.04. The summed E-state index contributed by atoms with van der Waals surface area (Å²) in [4.78, 5) is 17.4. The van der Waals surface area contributed by atoms with Gasteiger partial charge in [0, 0.05) is 32.2 Å². The first-order valence-corrected chi connectivity index (χ1v) is 9.18. The summed E-state index contributed by atoms with van der Waals surface area (Å²) in [6.07, 6.45) is 2.03. The van der Waals surface area contributed by atoms with Crippen LogP contribution in [0, 0.1) is 11.7 Å². The quantitative estimate of drug-likeness (QED) is 0.900. The lowest BCUT2D eigenvalue weighted by Gasteiger charge is -2.40. The van der Waals surface area contributed by atoms with Crippen molar-refractivity contribution in [2.45, 2.75) is 31.8 Å². The van der Waals surface area contributed by atoms with E-state index in [9.17, 15) is 9.18 Å². The fourth-order valence-electron chi connectivity index (χ4n) is 3.83. The maximum absolute atomic E-state index is 13.8. The van der Waals surface area contributed by atoms with Crippen molar-refractivity contribution in [2.24, 2.45) is 11.7 Å². The number of benzene rings is 1. The molecule has 2 fully saturated rings. The first-order valence-electron chi connectivity index (χ1n) is 9.18. The van der Waals surface area contributed by atoms with Gasteiger partial charge in [0.25, 0.3) is 0 Å². The third kappa shape index (κ3) is 4.37. The molecule has 0 aromatic heterocycles. The summed E-state index contributed by atoms with van der Waals surface area (Å²) in [7, 11) is 0. The molecule has 2 aliphatic rings. The topological polar surface area (TPSA) is 58.8 Å². The Morgan fingerprint density at radius 2 is 2.08 bits per heavy atom. The van der Waals surface area contributed by atoms with E-state index in [1.165, 1.54) is 12.1 Å². The number of likely N-dealkylation sites (tertiary alicyclic amines) is 1. The summed E-state index contributed by atoms with van der Waals surface area (Å²) in [6, 6.07) is 6.03. The second kappa shape index (κ2) is 8.25. The molecule has 1 aromatic carbocycles. The summed E-state index contributed by atoms with van der Waals surface area (Å²) in [5.41, 5.74) is 6.78. The summed E-state index contributed by atoms with van der Waals surface area (Å²) in [5, 5.41) is 0. The van der Waals surface area contributed by atoms with Gasteiger partial charge in [-0.15, -0.1) is 0 Å². The number of nitrogens with two attached hydrogens (primary N) is 1. The number of rotatable bonds is 4. The van der Waals surface area contributed by atoms with Crippen molar-refractivity contribution in [1.82, 2.24) is 9.80 Å². The predicted octanol–water partition coefficient (Wildman–Crippen LogP) is 1.78. The normalized spacial score (nSPS) is 24.8. The number of ether oxygens (including phenoxy) is 1. The molecule has 2 heterocycles. The van der Waals surface area contributed by atoms with E-state index in [4.69, 9.17) is 10.5 Å². The van der Waals surface area contributed by atoms with Crippen LogP contribution < -0.4 is 5.73 Å². The molecule has 2 aliphatic heterocycles. The van der Waals surface area contributed by atoms with E-state index in [0.717, 1.165) is 24.9 Å². The van der Waals surface area contributed by atoms with Crippen LogP contribution in [-0.4, -0.2) is 61.1 Å². The molecule has 5 nitrogen and oxygen atoms in total. The van der Waals surface area contributed by atoms with Crippen LogP contribution in [0.15, 0.2) is 24.3 Å². The van der Waals surface area contributed by atoms with E-state index in [0.29, 0.717) is 38.8 Å². The number of halogens is 1. The summed E-state index contributed by atoms with van der Waals surface area (Å²) in [5.74, 6) is 0.0732. The Morgan fingerprint density at radius 3 is 2.76 bits per heavy atom. The van der Waals surface area contributed by atoms with Gasteiger partial charge in [-0.2, -0.15) is 0 Å². The first-order chi connectivity index (χ1) is 12.1.